The van der Waals surface area contributed by atoms with Crippen molar-refractivity contribution in [3.05, 3.63) is 24.0 Å². The number of hydrogen-bond donors (Lipinski definition) is 1. The largest absolute Gasteiger partial charge is 0.369 e. The van der Waals surface area contributed by atoms with Crippen LogP contribution in [0, 0.1) is 12.3 Å². The SMILES string of the molecule is Cc1cc(NCC2(CCl)CC2)n2ncnc2c1. The summed E-state index contributed by atoms with van der Waals surface area (Å²) in [5, 5.41) is 7.66. The van der Waals surface area contributed by atoms with Crippen LogP contribution in [0.25, 0.3) is 5.65 Å². The van der Waals surface area contributed by atoms with Gasteiger partial charge in [0.2, 0.25) is 0 Å². The van der Waals surface area contributed by atoms with Crippen molar-refractivity contribution in [1.29, 1.82) is 0 Å². The normalized spacial score (nSPS) is 17.3. The fraction of sp³-hybridized carbons (Fsp3) is 0.500. The van der Waals surface area contributed by atoms with Crippen LogP contribution in [0.1, 0.15) is 18.4 Å². The van der Waals surface area contributed by atoms with Crippen LogP contribution in [0.2, 0.25) is 0 Å². The highest BCUT2D eigenvalue weighted by molar-refractivity contribution is 6.18. The van der Waals surface area contributed by atoms with Crippen molar-refractivity contribution >= 4 is 23.1 Å². The van der Waals surface area contributed by atoms with E-state index in [2.05, 4.69) is 28.4 Å². The van der Waals surface area contributed by atoms with E-state index in [0.29, 0.717) is 5.41 Å². The fourth-order valence-electron chi connectivity index (χ4n) is 1.99. The number of nitrogens with one attached hydrogen (secondary N) is 1. The predicted octanol–water partition coefficient (Wildman–Crippen LogP) is 2.47. The van der Waals surface area contributed by atoms with E-state index in [0.717, 1.165) is 23.9 Å². The Morgan fingerprint density at radius 3 is 3.00 bits per heavy atom. The van der Waals surface area contributed by atoms with Crippen LogP contribution in [0.5, 0.6) is 0 Å². The summed E-state index contributed by atoms with van der Waals surface area (Å²) < 4.78 is 1.83. The predicted molar refractivity (Wildman–Crippen MR) is 68.6 cm³/mol. The molecule has 1 aliphatic rings. The molecule has 0 radical (unpaired) electrons. The van der Waals surface area contributed by atoms with Crippen LogP contribution in [0.3, 0.4) is 0 Å². The molecule has 90 valence electrons. The lowest BCUT2D eigenvalue weighted by Crippen LogP contribution is -2.18. The maximum atomic E-state index is 5.98. The van der Waals surface area contributed by atoms with Crippen molar-refractivity contribution in [2.75, 3.05) is 17.7 Å². The molecule has 5 heteroatoms. The zero-order chi connectivity index (χ0) is 11.9. The summed E-state index contributed by atoms with van der Waals surface area (Å²) >= 11 is 5.98. The Hall–Kier alpha value is -1.29. The molecule has 17 heavy (non-hydrogen) atoms. The lowest BCUT2D eigenvalue weighted by molar-refractivity contribution is 0.615. The molecule has 3 rings (SSSR count). The number of anilines is 1. The molecule has 1 fully saturated rings. The Morgan fingerprint density at radius 2 is 2.29 bits per heavy atom. The van der Waals surface area contributed by atoms with E-state index < -0.39 is 0 Å². The minimum Gasteiger partial charge on any atom is -0.369 e. The van der Waals surface area contributed by atoms with Crippen molar-refractivity contribution in [3.8, 4) is 0 Å². The van der Waals surface area contributed by atoms with Gasteiger partial charge < -0.3 is 5.32 Å². The first kappa shape index (κ1) is 10.8. The topological polar surface area (TPSA) is 42.2 Å². The first-order valence-corrected chi connectivity index (χ1v) is 6.36. The molecular formula is C12H15ClN4. The van der Waals surface area contributed by atoms with Crippen LogP contribution in [-0.2, 0) is 0 Å². The first-order valence-electron chi connectivity index (χ1n) is 5.83. The smallest absolute Gasteiger partial charge is 0.157 e. The number of alkyl halides is 1. The second kappa shape index (κ2) is 3.88. The van der Waals surface area contributed by atoms with E-state index in [1.165, 1.54) is 18.4 Å². The molecule has 1 saturated carbocycles. The lowest BCUT2D eigenvalue weighted by Gasteiger charge is -2.14. The summed E-state index contributed by atoms with van der Waals surface area (Å²) in [6.45, 7) is 2.98. The molecule has 0 bridgehead atoms. The van der Waals surface area contributed by atoms with E-state index in [1.807, 2.05) is 10.6 Å². The minimum atomic E-state index is 0.304. The molecule has 0 unspecified atom stereocenters. The van der Waals surface area contributed by atoms with Gasteiger partial charge in [-0.25, -0.2) is 4.98 Å². The number of hydrogen-bond acceptors (Lipinski definition) is 3. The molecular weight excluding hydrogens is 236 g/mol. The number of aryl methyl sites for hydroxylation is 1. The molecule has 1 aliphatic carbocycles. The molecule has 4 nitrogen and oxygen atoms in total. The molecule has 2 aromatic rings. The van der Waals surface area contributed by atoms with Crippen molar-refractivity contribution < 1.29 is 0 Å². The van der Waals surface area contributed by atoms with Gasteiger partial charge >= 0.3 is 0 Å². The third kappa shape index (κ3) is 1.97. The third-order valence-corrected chi connectivity index (χ3v) is 3.98. The Kier molecular flexibility index (Phi) is 2.47. The monoisotopic (exact) mass is 250 g/mol. The van der Waals surface area contributed by atoms with Gasteiger partial charge in [0, 0.05) is 17.8 Å². The van der Waals surface area contributed by atoms with Gasteiger partial charge in [0.1, 0.15) is 12.1 Å². The van der Waals surface area contributed by atoms with Crippen LogP contribution < -0.4 is 5.32 Å². The maximum absolute atomic E-state index is 5.98. The van der Waals surface area contributed by atoms with E-state index in [-0.39, 0.29) is 0 Å². The summed E-state index contributed by atoms with van der Waals surface area (Å²) in [6, 6.07) is 4.11. The number of aromatic nitrogens is 3. The van der Waals surface area contributed by atoms with Crippen molar-refractivity contribution in [1.82, 2.24) is 14.6 Å². The average molecular weight is 251 g/mol. The molecule has 0 atom stereocenters. The van der Waals surface area contributed by atoms with Crippen LogP contribution in [0.4, 0.5) is 5.82 Å². The lowest BCUT2D eigenvalue weighted by atomic mass is 10.1. The van der Waals surface area contributed by atoms with Gasteiger partial charge in [-0.05, 0) is 37.5 Å². The van der Waals surface area contributed by atoms with Crippen LogP contribution in [0.15, 0.2) is 18.5 Å². The molecule has 0 amide bonds. The molecule has 2 aromatic heterocycles. The van der Waals surface area contributed by atoms with Crippen molar-refractivity contribution in [3.63, 3.8) is 0 Å². The molecule has 0 aliphatic heterocycles. The Morgan fingerprint density at radius 1 is 1.47 bits per heavy atom. The minimum absolute atomic E-state index is 0.304. The summed E-state index contributed by atoms with van der Waals surface area (Å²) in [5.41, 5.74) is 2.37. The summed E-state index contributed by atoms with van der Waals surface area (Å²) in [7, 11) is 0. The quantitative estimate of drug-likeness (QED) is 0.848. The van der Waals surface area contributed by atoms with Gasteiger partial charge in [0.25, 0.3) is 0 Å². The van der Waals surface area contributed by atoms with E-state index >= 15 is 0 Å². The maximum Gasteiger partial charge on any atom is 0.157 e. The molecule has 0 spiro atoms. The van der Waals surface area contributed by atoms with Crippen LogP contribution >= 0.6 is 11.6 Å². The molecule has 1 N–H and O–H groups in total. The Bertz CT molecular complexity index is 544. The number of pyridine rings is 1. The number of fused-ring (bicyclic) bond motifs is 1. The van der Waals surface area contributed by atoms with Gasteiger partial charge in [0.15, 0.2) is 5.65 Å². The van der Waals surface area contributed by atoms with Gasteiger partial charge in [-0.2, -0.15) is 9.61 Å². The molecule has 2 heterocycles. The van der Waals surface area contributed by atoms with E-state index in [9.17, 15) is 0 Å². The zero-order valence-electron chi connectivity index (χ0n) is 9.78. The van der Waals surface area contributed by atoms with E-state index in [4.69, 9.17) is 11.6 Å². The Labute approximate surface area is 105 Å². The first-order chi connectivity index (χ1) is 8.22. The van der Waals surface area contributed by atoms with Gasteiger partial charge in [-0.15, -0.1) is 11.6 Å². The molecule has 0 saturated heterocycles. The average Bonchev–Trinajstić information content (AvgIpc) is 2.96. The standard InChI is InChI=1S/C12H15ClN4/c1-9-4-10(14-7-12(6-13)2-3-12)17-11(5-9)15-8-16-17/h4-5,8,14H,2-3,6-7H2,1H3. The third-order valence-electron chi connectivity index (χ3n) is 3.41. The summed E-state index contributed by atoms with van der Waals surface area (Å²) in [5.74, 6) is 1.72. The second-order valence-corrected chi connectivity index (χ2v) is 5.20. The van der Waals surface area contributed by atoms with Gasteiger partial charge in [-0.1, -0.05) is 0 Å². The number of nitrogens with zero attached hydrogens (tertiary/aromatic N) is 3. The number of halogens is 1. The second-order valence-electron chi connectivity index (χ2n) is 4.94. The molecule has 0 aromatic carbocycles. The number of rotatable bonds is 4. The fourth-order valence-corrected chi connectivity index (χ4v) is 2.36. The highest BCUT2D eigenvalue weighted by Gasteiger charge is 2.41. The van der Waals surface area contributed by atoms with Crippen molar-refractivity contribution in [2.24, 2.45) is 5.41 Å². The van der Waals surface area contributed by atoms with Gasteiger partial charge in [0.05, 0.1) is 0 Å². The van der Waals surface area contributed by atoms with E-state index in [1.54, 1.807) is 6.33 Å². The summed E-state index contributed by atoms with van der Waals surface area (Å²) in [6.07, 6.45) is 4.01. The highest BCUT2D eigenvalue weighted by Crippen LogP contribution is 2.46. The highest BCUT2D eigenvalue weighted by atomic mass is 35.5. The zero-order valence-corrected chi connectivity index (χ0v) is 10.5. The van der Waals surface area contributed by atoms with Gasteiger partial charge in [-0.3, -0.25) is 0 Å². The Balaban J connectivity index is 1.86. The van der Waals surface area contributed by atoms with Crippen molar-refractivity contribution in [2.45, 2.75) is 19.8 Å². The van der Waals surface area contributed by atoms with Crippen LogP contribution in [-0.4, -0.2) is 27.0 Å². The summed E-state index contributed by atoms with van der Waals surface area (Å²) in [4.78, 5) is 4.21.